The lowest BCUT2D eigenvalue weighted by Gasteiger charge is -2.27. The fraction of sp³-hybridized carbons (Fsp3) is 0.480. The van der Waals surface area contributed by atoms with E-state index < -0.39 is 30.3 Å². The Bertz CT molecular complexity index is 1350. The van der Waals surface area contributed by atoms with Crippen molar-refractivity contribution >= 4 is 39.0 Å². The van der Waals surface area contributed by atoms with Gasteiger partial charge in [-0.25, -0.2) is 23.1 Å². The molecular weight excluding hydrogens is 505 g/mol. The number of thiophene rings is 1. The highest BCUT2D eigenvalue weighted by Crippen LogP contribution is 2.36. The van der Waals surface area contributed by atoms with Gasteiger partial charge in [0.1, 0.15) is 27.9 Å². The van der Waals surface area contributed by atoms with Crippen LogP contribution in [0.5, 0.6) is 0 Å². The number of hydrogen-bond donors (Lipinski definition) is 3. The molecule has 1 aliphatic carbocycles. The number of nitrogens with two attached hydrogens (primary N) is 2. The number of rotatable bonds is 6. The largest absolute Gasteiger partial charge is 0.397 e. The van der Waals surface area contributed by atoms with Crippen molar-refractivity contribution < 1.29 is 22.7 Å². The molecule has 5 N–H and O–H groups in total. The first-order valence-electron chi connectivity index (χ1n) is 12.1. The van der Waals surface area contributed by atoms with Gasteiger partial charge in [-0.05, 0) is 38.3 Å². The Morgan fingerprint density at radius 3 is 2.86 bits per heavy atom. The molecule has 0 saturated carbocycles. The van der Waals surface area contributed by atoms with Crippen molar-refractivity contribution in [1.29, 1.82) is 0 Å². The number of halogens is 3. The summed E-state index contributed by atoms with van der Waals surface area (Å²) in [6.07, 6.45) is 1.28. The van der Waals surface area contributed by atoms with Crippen molar-refractivity contribution in [3.05, 3.63) is 45.8 Å². The maximum atomic E-state index is 15.2. The number of fused-ring (bicyclic) bond motifs is 2. The van der Waals surface area contributed by atoms with Gasteiger partial charge in [-0.15, -0.1) is 11.3 Å². The molecule has 12 heteroatoms. The summed E-state index contributed by atoms with van der Waals surface area (Å²) < 4.78 is 48.7. The average Bonchev–Trinajstić information content (AvgIpc) is 3.39. The summed E-state index contributed by atoms with van der Waals surface area (Å²) in [7, 11) is 1.22. The number of carbonyl (C=O) groups is 1. The summed E-state index contributed by atoms with van der Waals surface area (Å²) in [5.41, 5.74) is 14.4. The zero-order chi connectivity index (χ0) is 26.5. The number of aromatic nitrogens is 2. The fourth-order valence-corrected chi connectivity index (χ4v) is 6.26. The first-order chi connectivity index (χ1) is 17.6. The van der Waals surface area contributed by atoms with Crippen LogP contribution in [0.3, 0.4) is 0 Å². The number of amides is 1. The van der Waals surface area contributed by atoms with E-state index in [-0.39, 0.29) is 31.5 Å². The monoisotopic (exact) mass is 534 g/mol. The summed E-state index contributed by atoms with van der Waals surface area (Å²) >= 11 is 1.23. The molecule has 0 radical (unpaired) electrons. The number of ether oxygens (including phenoxy) is 1. The molecule has 0 aromatic carbocycles. The van der Waals surface area contributed by atoms with Gasteiger partial charge in [0.25, 0.3) is 11.8 Å². The maximum Gasteiger partial charge on any atom is 0.276 e. The molecule has 1 fully saturated rings. The molecule has 3 aromatic rings. The highest BCUT2D eigenvalue weighted by atomic mass is 32.1. The number of alkyl halides is 2. The van der Waals surface area contributed by atoms with Gasteiger partial charge >= 0.3 is 0 Å². The van der Waals surface area contributed by atoms with E-state index in [9.17, 15) is 13.6 Å². The predicted molar refractivity (Wildman–Crippen MR) is 137 cm³/mol. The van der Waals surface area contributed by atoms with Crippen LogP contribution >= 0.6 is 11.3 Å². The zero-order valence-corrected chi connectivity index (χ0v) is 21.4. The molecule has 198 valence electrons. The summed E-state index contributed by atoms with van der Waals surface area (Å²) in [5.74, 6) is -4.70. The number of methoxy groups -OCH3 is 1. The van der Waals surface area contributed by atoms with E-state index in [1.54, 1.807) is 4.90 Å². The predicted octanol–water partition coefficient (Wildman–Crippen LogP) is 3.05. The van der Waals surface area contributed by atoms with Gasteiger partial charge in [0.2, 0.25) is 0 Å². The van der Waals surface area contributed by atoms with Crippen LogP contribution in [0.4, 0.5) is 24.7 Å². The summed E-state index contributed by atoms with van der Waals surface area (Å²) in [6, 6.07) is 3.88. The van der Waals surface area contributed by atoms with Gasteiger partial charge in [0.05, 0.1) is 11.6 Å². The lowest BCUT2D eigenvalue weighted by molar-refractivity contribution is -0.105. The van der Waals surface area contributed by atoms with Crippen LogP contribution in [0.15, 0.2) is 18.2 Å². The van der Waals surface area contributed by atoms with E-state index >= 15 is 4.39 Å². The molecule has 3 unspecified atom stereocenters. The summed E-state index contributed by atoms with van der Waals surface area (Å²) in [4.78, 5) is 24.7. The third-order valence-electron chi connectivity index (χ3n) is 7.16. The summed E-state index contributed by atoms with van der Waals surface area (Å²) in [6.45, 7) is 1.27. The van der Waals surface area contributed by atoms with Crippen molar-refractivity contribution in [2.45, 2.75) is 44.2 Å². The molecular formula is C25H29F3N6O2S. The quantitative estimate of drug-likeness (QED) is 0.445. The first-order valence-corrected chi connectivity index (χ1v) is 12.9. The van der Waals surface area contributed by atoms with Crippen LogP contribution < -0.4 is 21.7 Å². The van der Waals surface area contributed by atoms with Crippen LogP contribution in [-0.2, 0) is 17.6 Å². The second kappa shape index (κ2) is 9.73. The van der Waals surface area contributed by atoms with E-state index in [1.165, 1.54) is 24.5 Å². The molecule has 1 amide bonds. The lowest BCUT2D eigenvalue weighted by atomic mass is 9.91. The maximum absolute atomic E-state index is 15.2. The number of anilines is 2. The van der Waals surface area contributed by atoms with E-state index in [0.717, 1.165) is 11.1 Å². The minimum atomic E-state index is -3.09. The summed E-state index contributed by atoms with van der Waals surface area (Å²) in [5, 5.41) is 3.71. The highest BCUT2D eigenvalue weighted by molar-refractivity contribution is 7.21. The molecule has 1 saturated heterocycles. The minimum Gasteiger partial charge on any atom is -0.397 e. The van der Waals surface area contributed by atoms with Crippen molar-refractivity contribution in [1.82, 2.24) is 15.3 Å². The number of pyridine rings is 2. The Morgan fingerprint density at radius 1 is 1.32 bits per heavy atom. The van der Waals surface area contributed by atoms with Crippen LogP contribution in [0.25, 0.3) is 10.2 Å². The standard InChI is InChI=1S/C25H29F3N6O2S/c1-12-3-5-14-21(30)22(37-24(14)31-12)23(35)32-13-4-6-19-15(7-13)17(26)8-20(33-19)34-9-16(18(29)10-34)25(27,28)11-36-2/h3,5,8,13,16,18H,4,6-7,9-11,29-30H2,1-2H3,(H,32,35). The molecule has 0 bridgehead atoms. The number of aryl methyl sites for hydroxylation is 2. The SMILES string of the molecule is COCC(F)(F)C1CN(c2cc(F)c3c(n2)CCC(NC(=O)c2sc4nc(C)ccc4c2N)C3)CC1N. The second-order valence-electron chi connectivity index (χ2n) is 9.82. The number of nitrogen functional groups attached to an aromatic ring is 1. The Kier molecular flexibility index (Phi) is 6.75. The topological polar surface area (TPSA) is 119 Å². The molecule has 3 aromatic heterocycles. The van der Waals surface area contributed by atoms with E-state index in [4.69, 9.17) is 11.5 Å². The first kappa shape index (κ1) is 25.7. The van der Waals surface area contributed by atoms with E-state index in [1.807, 2.05) is 19.1 Å². The Hall–Kier alpha value is -2.96. The van der Waals surface area contributed by atoms with Crippen molar-refractivity contribution in [2.75, 3.05) is 37.4 Å². The van der Waals surface area contributed by atoms with Crippen LogP contribution in [0, 0.1) is 18.7 Å². The fourth-order valence-electron chi connectivity index (χ4n) is 5.21. The van der Waals surface area contributed by atoms with Gasteiger partial charge in [-0.2, -0.15) is 0 Å². The molecule has 0 spiro atoms. The Balaban J connectivity index is 1.29. The van der Waals surface area contributed by atoms with Gasteiger partial charge in [-0.3, -0.25) is 4.79 Å². The Morgan fingerprint density at radius 2 is 2.11 bits per heavy atom. The van der Waals surface area contributed by atoms with Crippen LogP contribution in [0.1, 0.15) is 33.0 Å². The molecule has 1 aliphatic heterocycles. The number of carbonyl (C=O) groups excluding carboxylic acids is 1. The van der Waals surface area contributed by atoms with Gasteiger partial charge in [-0.1, -0.05) is 0 Å². The van der Waals surface area contributed by atoms with E-state index in [2.05, 4.69) is 20.0 Å². The van der Waals surface area contributed by atoms with Crippen molar-refractivity contribution in [3.8, 4) is 0 Å². The molecule has 37 heavy (non-hydrogen) atoms. The molecule has 5 rings (SSSR count). The van der Waals surface area contributed by atoms with Crippen molar-refractivity contribution in [3.63, 3.8) is 0 Å². The Labute approximate surface area is 216 Å². The molecule has 2 aliphatic rings. The second-order valence-corrected chi connectivity index (χ2v) is 10.8. The lowest BCUT2D eigenvalue weighted by Crippen LogP contribution is -2.43. The molecule has 4 heterocycles. The van der Waals surface area contributed by atoms with Crippen LogP contribution in [0.2, 0.25) is 0 Å². The number of nitrogens with zero attached hydrogens (tertiary/aromatic N) is 3. The van der Waals surface area contributed by atoms with Gasteiger partial charge < -0.3 is 26.4 Å². The minimum absolute atomic E-state index is 0.0353. The number of hydrogen-bond acceptors (Lipinski definition) is 8. The van der Waals surface area contributed by atoms with Crippen LogP contribution in [-0.4, -0.2) is 60.7 Å². The van der Waals surface area contributed by atoms with E-state index in [0.29, 0.717) is 45.3 Å². The molecule has 8 nitrogen and oxygen atoms in total. The van der Waals surface area contributed by atoms with Gasteiger partial charge in [0, 0.05) is 60.7 Å². The van der Waals surface area contributed by atoms with Gasteiger partial charge in [0.15, 0.2) is 0 Å². The third kappa shape index (κ3) is 4.85. The highest BCUT2D eigenvalue weighted by Gasteiger charge is 2.48. The average molecular weight is 535 g/mol. The normalized spacial score (nSPS) is 21.9. The zero-order valence-electron chi connectivity index (χ0n) is 20.6. The molecule has 3 atom stereocenters. The number of nitrogens with one attached hydrogen (secondary N) is 1. The smallest absolute Gasteiger partial charge is 0.276 e. The third-order valence-corrected chi connectivity index (χ3v) is 8.28. The van der Waals surface area contributed by atoms with Crippen molar-refractivity contribution in [2.24, 2.45) is 11.7 Å².